The molecule has 3 amide bonds. The number of nitrogens with two attached hydrogens (primary N) is 3. The van der Waals surface area contributed by atoms with E-state index >= 15 is 0 Å². The summed E-state index contributed by atoms with van der Waals surface area (Å²) < 4.78 is 0. The molecule has 0 aliphatic heterocycles. The number of hydrogen-bond acceptors (Lipinski definition) is 7. The van der Waals surface area contributed by atoms with Crippen LogP contribution in [0.3, 0.4) is 0 Å². The maximum atomic E-state index is 13.3. The van der Waals surface area contributed by atoms with E-state index in [0.29, 0.717) is 18.6 Å². The quantitative estimate of drug-likeness (QED) is 0.0705. The Labute approximate surface area is 243 Å². The van der Waals surface area contributed by atoms with Crippen molar-refractivity contribution in [2.45, 2.75) is 63.7 Å². The van der Waals surface area contributed by atoms with Gasteiger partial charge in [0, 0.05) is 23.6 Å². The van der Waals surface area contributed by atoms with Gasteiger partial charge in [0.15, 0.2) is 5.96 Å². The first kappa shape index (κ1) is 33.4. The Kier molecular flexibility index (Phi) is 13.4. The van der Waals surface area contributed by atoms with E-state index in [-0.39, 0.29) is 31.3 Å². The van der Waals surface area contributed by atoms with Crippen LogP contribution >= 0.6 is 11.8 Å². The molecule has 0 aliphatic carbocycles. The number of carboxylic acids is 1. The van der Waals surface area contributed by atoms with Crippen LogP contribution in [0, 0.1) is 5.92 Å². The average Bonchev–Trinajstić information content (AvgIpc) is 3.32. The lowest BCUT2D eigenvalue weighted by molar-refractivity contribution is -0.142. The average molecular weight is 591 g/mol. The summed E-state index contributed by atoms with van der Waals surface area (Å²) in [6.45, 7) is 3.67. The molecule has 0 radical (unpaired) electrons. The Balaban J connectivity index is 2.06. The number of amides is 3. The van der Waals surface area contributed by atoms with E-state index in [1.165, 1.54) is 11.8 Å². The number of carbonyl (C=O) groups is 4. The number of hydrogen-bond donors (Lipinski definition) is 8. The van der Waals surface area contributed by atoms with Crippen molar-refractivity contribution in [3.05, 3.63) is 36.0 Å². The van der Waals surface area contributed by atoms with E-state index in [2.05, 4.69) is 25.9 Å². The highest BCUT2D eigenvalue weighted by Crippen LogP contribution is 2.19. The van der Waals surface area contributed by atoms with Crippen LogP contribution in [0.25, 0.3) is 10.9 Å². The summed E-state index contributed by atoms with van der Waals surface area (Å²) in [5, 5.41) is 18.5. The number of para-hydroxylation sites is 1. The highest BCUT2D eigenvalue weighted by Gasteiger charge is 2.31. The number of rotatable bonds is 17. The van der Waals surface area contributed by atoms with E-state index in [1.807, 2.05) is 36.7 Å². The minimum absolute atomic E-state index is 0.0946. The molecule has 0 aliphatic rings. The van der Waals surface area contributed by atoms with Crippen molar-refractivity contribution in [1.29, 1.82) is 0 Å². The molecule has 2 rings (SSSR count). The molecule has 0 bridgehead atoms. The molecule has 226 valence electrons. The summed E-state index contributed by atoms with van der Waals surface area (Å²) in [4.78, 5) is 58.1. The molecule has 1 aromatic heterocycles. The summed E-state index contributed by atoms with van der Waals surface area (Å²) >= 11 is 1.51. The first-order valence-corrected chi connectivity index (χ1v) is 14.8. The first-order chi connectivity index (χ1) is 19.4. The zero-order valence-electron chi connectivity index (χ0n) is 23.7. The summed E-state index contributed by atoms with van der Waals surface area (Å²) in [7, 11) is 0. The van der Waals surface area contributed by atoms with Crippen LogP contribution in [0.1, 0.15) is 38.7 Å². The second kappa shape index (κ2) is 16.5. The molecular weight excluding hydrogens is 548 g/mol. The molecule has 4 atom stereocenters. The number of carboxylic acid groups (broad SMARTS) is 1. The third-order valence-corrected chi connectivity index (χ3v) is 7.15. The molecule has 0 saturated carbocycles. The fraction of sp³-hybridized carbons (Fsp3) is 0.519. The Bertz CT molecular complexity index is 1210. The maximum absolute atomic E-state index is 13.3. The number of aromatic amines is 1. The number of nitrogens with zero attached hydrogens (tertiary/aromatic N) is 1. The molecule has 4 unspecified atom stereocenters. The molecule has 2 aromatic rings. The lowest BCUT2D eigenvalue weighted by atomic mass is 10.0. The Morgan fingerprint density at radius 3 is 2.32 bits per heavy atom. The molecule has 1 aromatic carbocycles. The number of carbonyl (C=O) groups excluding carboxylic acids is 3. The van der Waals surface area contributed by atoms with Gasteiger partial charge in [-0.15, -0.1) is 0 Å². The third-order valence-electron chi connectivity index (χ3n) is 6.50. The maximum Gasteiger partial charge on any atom is 0.326 e. The lowest BCUT2D eigenvalue weighted by Crippen LogP contribution is -2.58. The minimum Gasteiger partial charge on any atom is -0.480 e. The van der Waals surface area contributed by atoms with Crippen molar-refractivity contribution in [2.75, 3.05) is 18.6 Å². The van der Waals surface area contributed by atoms with Crippen molar-refractivity contribution in [2.24, 2.45) is 28.1 Å². The van der Waals surface area contributed by atoms with Crippen LogP contribution in [0.2, 0.25) is 0 Å². The summed E-state index contributed by atoms with van der Waals surface area (Å²) in [6.07, 6.45) is 4.69. The molecule has 13 nitrogen and oxygen atoms in total. The predicted molar refractivity (Wildman–Crippen MR) is 161 cm³/mol. The van der Waals surface area contributed by atoms with Crippen LogP contribution < -0.4 is 33.2 Å². The number of guanidine groups is 1. The number of aliphatic imine (C=N–C) groups is 1. The monoisotopic (exact) mass is 590 g/mol. The van der Waals surface area contributed by atoms with Gasteiger partial charge in [0.25, 0.3) is 0 Å². The fourth-order valence-corrected chi connectivity index (χ4v) is 4.70. The van der Waals surface area contributed by atoms with Gasteiger partial charge in [-0.1, -0.05) is 32.0 Å². The number of fused-ring (bicyclic) bond motifs is 1. The number of aliphatic carboxylic acids is 1. The van der Waals surface area contributed by atoms with Gasteiger partial charge in [-0.2, -0.15) is 11.8 Å². The van der Waals surface area contributed by atoms with Gasteiger partial charge in [0.05, 0.1) is 6.04 Å². The van der Waals surface area contributed by atoms with Crippen molar-refractivity contribution < 1.29 is 24.3 Å². The van der Waals surface area contributed by atoms with Crippen molar-refractivity contribution in [1.82, 2.24) is 20.9 Å². The van der Waals surface area contributed by atoms with Gasteiger partial charge >= 0.3 is 5.97 Å². The predicted octanol–water partition coefficient (Wildman–Crippen LogP) is 0.0394. The third kappa shape index (κ3) is 10.6. The molecule has 0 saturated heterocycles. The number of benzene rings is 1. The Hall–Kier alpha value is -3.78. The Morgan fingerprint density at radius 2 is 1.68 bits per heavy atom. The van der Waals surface area contributed by atoms with Crippen LogP contribution in [0.5, 0.6) is 0 Å². The number of aromatic nitrogens is 1. The van der Waals surface area contributed by atoms with E-state index in [0.717, 1.165) is 16.5 Å². The van der Waals surface area contributed by atoms with Gasteiger partial charge in [-0.3, -0.25) is 19.4 Å². The number of H-pyrrole nitrogens is 1. The highest BCUT2D eigenvalue weighted by molar-refractivity contribution is 7.98. The van der Waals surface area contributed by atoms with E-state index in [9.17, 15) is 24.3 Å². The largest absolute Gasteiger partial charge is 0.480 e. The van der Waals surface area contributed by atoms with Crippen molar-refractivity contribution >= 4 is 52.3 Å². The molecule has 11 N–H and O–H groups in total. The molecule has 14 heteroatoms. The van der Waals surface area contributed by atoms with E-state index in [1.54, 1.807) is 13.8 Å². The molecular formula is C27H42N8O5S. The summed E-state index contributed by atoms with van der Waals surface area (Å²) in [5.74, 6) is -2.80. The zero-order chi connectivity index (χ0) is 30.5. The lowest BCUT2D eigenvalue weighted by Gasteiger charge is -2.27. The molecule has 0 spiro atoms. The van der Waals surface area contributed by atoms with Crippen molar-refractivity contribution in [3.8, 4) is 0 Å². The molecule has 41 heavy (non-hydrogen) atoms. The number of nitrogens with one attached hydrogen (secondary N) is 4. The van der Waals surface area contributed by atoms with Crippen LogP contribution in [-0.2, 0) is 25.6 Å². The fourth-order valence-electron chi connectivity index (χ4n) is 4.22. The van der Waals surface area contributed by atoms with Crippen LogP contribution in [0.4, 0.5) is 0 Å². The first-order valence-electron chi connectivity index (χ1n) is 13.4. The SMILES string of the molecule is CSCCC(NC(=O)C(N)Cc1c[nH]c2ccccc12)C(=O)NC(C(=O)NC(CCCN=C(N)N)C(=O)O)C(C)C. The second-order valence-corrected chi connectivity index (χ2v) is 11.1. The van der Waals surface area contributed by atoms with Crippen molar-refractivity contribution in [3.63, 3.8) is 0 Å². The Morgan fingerprint density at radius 1 is 1.00 bits per heavy atom. The zero-order valence-corrected chi connectivity index (χ0v) is 24.5. The van der Waals surface area contributed by atoms with Gasteiger partial charge in [-0.05, 0) is 55.2 Å². The van der Waals surface area contributed by atoms with E-state index in [4.69, 9.17) is 17.2 Å². The minimum atomic E-state index is -1.22. The summed E-state index contributed by atoms with van der Waals surface area (Å²) in [6, 6.07) is 3.62. The van der Waals surface area contributed by atoms with Crippen LogP contribution in [-0.4, -0.2) is 82.5 Å². The van der Waals surface area contributed by atoms with Gasteiger partial charge < -0.3 is 43.2 Å². The normalized spacial score (nSPS) is 14.1. The summed E-state index contributed by atoms with van der Waals surface area (Å²) in [5.41, 5.74) is 18.6. The van der Waals surface area contributed by atoms with Crippen LogP contribution in [0.15, 0.2) is 35.5 Å². The standard InChI is InChI=1S/C27H42N8O5S/c1-15(2)22(25(38)34-21(26(39)40)9-6-11-31-27(29)30)35-24(37)20(10-12-41-3)33-23(36)18(28)13-16-14-32-19-8-5-4-7-17(16)19/h4-5,7-8,14-15,18,20-22,32H,6,9-13,28H2,1-3H3,(H,33,36)(H,34,38)(H,35,37)(H,39,40)(H4,29,30,31). The van der Waals surface area contributed by atoms with E-state index < -0.39 is 47.9 Å². The molecule has 1 heterocycles. The van der Waals surface area contributed by atoms with Gasteiger partial charge in [-0.25, -0.2) is 4.79 Å². The smallest absolute Gasteiger partial charge is 0.326 e. The number of thioether (sulfide) groups is 1. The van der Waals surface area contributed by atoms with Gasteiger partial charge in [0.2, 0.25) is 17.7 Å². The highest BCUT2D eigenvalue weighted by atomic mass is 32.2. The van der Waals surface area contributed by atoms with Gasteiger partial charge in [0.1, 0.15) is 18.1 Å². The molecule has 0 fully saturated rings. The topological polar surface area (TPSA) is 231 Å². The second-order valence-electron chi connectivity index (χ2n) is 10.1.